The van der Waals surface area contributed by atoms with E-state index in [0.29, 0.717) is 12.8 Å². The fraction of sp³-hybridized carbons (Fsp3) is 0.745. The molecular weight excluding hydrogens is 1170 g/mol. The van der Waals surface area contributed by atoms with E-state index in [1.165, 1.54) is 45.4 Å². The molecule has 32 heteroatoms. The number of amides is 9. The third-order valence-electron chi connectivity index (χ3n) is 14.0. The van der Waals surface area contributed by atoms with Crippen molar-refractivity contribution in [3.8, 4) is 0 Å². The fourth-order valence-electron chi connectivity index (χ4n) is 8.93. The Kier molecular flexibility index (Phi) is 39.6. The van der Waals surface area contributed by atoms with Crippen molar-refractivity contribution in [1.29, 1.82) is 0 Å². The Morgan fingerprint density at radius 3 is 1.56 bits per heavy atom. The second kappa shape index (κ2) is 43.9. The van der Waals surface area contributed by atoms with Crippen molar-refractivity contribution in [3.63, 3.8) is 0 Å². The monoisotopic (exact) mass is 1260 g/mol. The number of cyclic esters (lactones) is 1. The fourth-order valence-corrected chi connectivity index (χ4v) is 9.11. The number of halogens is 1. The maximum absolute atomic E-state index is 14.2. The number of carbonyl (C=O) groups is 12. The number of hydrogen-bond donors (Lipinski definition) is 18. The van der Waals surface area contributed by atoms with E-state index in [4.69, 9.17) is 33.5 Å². The summed E-state index contributed by atoms with van der Waals surface area (Å²) in [4.78, 5) is 163. The van der Waals surface area contributed by atoms with Gasteiger partial charge in [-0.25, -0.2) is 9.59 Å². The molecule has 1 fully saturated rings. The lowest BCUT2D eigenvalue weighted by atomic mass is 10.0. The number of alkyl halides is 1. The Bertz CT molecular complexity index is 2270. The second-order valence-corrected chi connectivity index (χ2v) is 21.6. The van der Waals surface area contributed by atoms with Crippen LogP contribution in [0, 0.1) is 0 Å². The summed E-state index contributed by atoms with van der Waals surface area (Å²) in [5, 5.41) is 82.4. The minimum atomic E-state index is -2.83. The SMILES string of the molecule is C/C=C1/NC(=O)[C@H]([C@H](C)O)NC(=O)[C@H](CCN)NC(=O)[C@H](CCCCN)NC(=O)[C@H](CC(=O)O)NC(=O)[C@@H](CCN)NC(=O)[C@@H](NC(=O)CC(O)CCCCCCCCCCCCCCC)COC(=O)[C@H]([C@H](O)CCl)NC(=O)[C@H](C(O)C(=O)O)NC1=O. The van der Waals surface area contributed by atoms with E-state index in [1.807, 2.05) is 10.6 Å². The Morgan fingerprint density at radius 1 is 0.598 bits per heavy atom. The molecule has 0 saturated carbocycles. The van der Waals surface area contributed by atoms with Crippen LogP contribution < -0.4 is 65.1 Å². The number of unbranched alkanes of at least 4 members (excludes halogenated alkanes) is 13. The first-order valence-corrected chi connectivity index (χ1v) is 30.2. The molecule has 0 spiro atoms. The molecule has 1 saturated heterocycles. The number of carboxylic acid groups (broad SMARTS) is 2. The summed E-state index contributed by atoms with van der Waals surface area (Å²) < 4.78 is 5.29. The largest absolute Gasteiger partial charge is 0.481 e. The first-order chi connectivity index (χ1) is 41.3. The molecule has 1 aliphatic heterocycles. The van der Waals surface area contributed by atoms with E-state index >= 15 is 0 Å². The molecule has 0 aliphatic carbocycles. The first-order valence-electron chi connectivity index (χ1n) is 29.7. The number of carbonyl (C=O) groups excluding carboxylic acids is 10. The van der Waals surface area contributed by atoms with Gasteiger partial charge in [-0.2, -0.15) is 0 Å². The molecule has 2 unspecified atom stereocenters. The Balaban J connectivity index is 3.88. The summed E-state index contributed by atoms with van der Waals surface area (Å²) >= 11 is 5.87. The maximum Gasteiger partial charge on any atom is 0.335 e. The summed E-state index contributed by atoms with van der Waals surface area (Å²) in [6.07, 6.45) is 4.80. The third-order valence-corrected chi connectivity index (χ3v) is 14.3. The third kappa shape index (κ3) is 30.7. The van der Waals surface area contributed by atoms with Crippen molar-refractivity contribution < 1.29 is 92.9 Å². The van der Waals surface area contributed by atoms with Crippen LogP contribution in [-0.4, -0.2) is 207 Å². The summed E-state index contributed by atoms with van der Waals surface area (Å²) in [5.74, 6) is -17.8. The van der Waals surface area contributed by atoms with E-state index in [2.05, 4.69) is 44.1 Å². The van der Waals surface area contributed by atoms with Gasteiger partial charge in [0, 0.05) is 0 Å². The number of rotatable bonds is 32. The highest BCUT2D eigenvalue weighted by atomic mass is 35.5. The van der Waals surface area contributed by atoms with Crippen LogP contribution in [0.3, 0.4) is 0 Å². The molecule has 0 aromatic carbocycles. The van der Waals surface area contributed by atoms with Crippen molar-refractivity contribution in [1.82, 2.24) is 47.9 Å². The Labute approximate surface area is 511 Å². The predicted molar refractivity (Wildman–Crippen MR) is 314 cm³/mol. The number of aliphatic hydroxyl groups is 4. The number of nitrogens with two attached hydrogens (primary N) is 3. The number of nitrogens with one attached hydrogen (secondary N) is 9. The molecule has 21 N–H and O–H groups in total. The standard InChI is InChI=1S/C55H95ClN12O19/c1-4-6-7-8-9-10-11-12-13-14-15-16-17-20-32(70)27-40(72)60-38-30-87-55(86)43(39(71)29-56)67-53(83)44(45(75)54(84)85)68-46(76)33(5-2)61-52(82)42(31(3)69)66-49(79)36(23-26-59)63-47(77)34(21-18-19-24-57)62-50(80)37(28-41(73)74)65-48(78)35(22-25-58)64-51(38)81/h5,31-32,34-39,42-45,69-71,75H,4,6-30,57-59H2,1-3H3,(H,60,72)(H,61,82)(H,62,80)(H,63,77)(H,64,81)(H,65,78)(H,66,79)(H,67,83)(H,68,76)(H,73,74)(H,84,85)/b33-5+/t31-,32?,34-,35+,36-,37-,38-,39+,42-,43-,44-,45?/m0/s1. The van der Waals surface area contributed by atoms with Crippen LogP contribution in [0.15, 0.2) is 11.8 Å². The zero-order valence-electron chi connectivity index (χ0n) is 50.0. The van der Waals surface area contributed by atoms with Gasteiger partial charge in [-0.15, -0.1) is 11.6 Å². The lowest BCUT2D eigenvalue weighted by Gasteiger charge is -2.28. The van der Waals surface area contributed by atoms with Crippen LogP contribution in [0.5, 0.6) is 0 Å². The number of allylic oxidation sites excluding steroid dienone is 1. The number of carboxylic acids is 2. The van der Waals surface area contributed by atoms with Gasteiger partial charge in [-0.1, -0.05) is 96.5 Å². The predicted octanol–water partition coefficient (Wildman–Crippen LogP) is -3.60. The number of esters is 1. The van der Waals surface area contributed by atoms with Crippen LogP contribution in [0.25, 0.3) is 0 Å². The number of ether oxygens (including phenoxy) is 1. The topological polar surface area (TPSA) is 522 Å². The lowest BCUT2D eigenvalue weighted by Crippen LogP contribution is -2.62. The molecule has 0 bridgehead atoms. The van der Waals surface area contributed by atoms with E-state index in [9.17, 15) is 88.2 Å². The van der Waals surface area contributed by atoms with Gasteiger partial charge in [0.15, 0.2) is 12.1 Å². The van der Waals surface area contributed by atoms with Crippen molar-refractivity contribution in [3.05, 3.63) is 11.8 Å². The average Bonchev–Trinajstić information content (AvgIpc) is 3.53. The minimum absolute atomic E-state index is 0.123. The smallest absolute Gasteiger partial charge is 0.335 e. The van der Waals surface area contributed by atoms with Gasteiger partial charge in [0.2, 0.25) is 47.3 Å². The van der Waals surface area contributed by atoms with Crippen LogP contribution in [0.1, 0.15) is 156 Å². The zero-order valence-corrected chi connectivity index (χ0v) is 50.7. The molecule has 87 heavy (non-hydrogen) atoms. The maximum atomic E-state index is 14.2. The number of hydrogen-bond acceptors (Lipinski definition) is 20. The summed E-state index contributed by atoms with van der Waals surface area (Å²) in [5.41, 5.74) is 16.5. The molecule has 1 aliphatic rings. The van der Waals surface area contributed by atoms with Gasteiger partial charge in [-0.3, -0.25) is 47.9 Å². The van der Waals surface area contributed by atoms with E-state index < -0.39 is 181 Å². The van der Waals surface area contributed by atoms with Crippen LogP contribution in [0.2, 0.25) is 0 Å². The summed E-state index contributed by atoms with van der Waals surface area (Å²) in [6.45, 7) is 2.68. The van der Waals surface area contributed by atoms with Gasteiger partial charge in [-0.05, 0) is 72.0 Å². The van der Waals surface area contributed by atoms with Gasteiger partial charge >= 0.3 is 17.9 Å². The molecule has 1 heterocycles. The van der Waals surface area contributed by atoms with Crippen LogP contribution >= 0.6 is 11.6 Å². The lowest BCUT2D eigenvalue weighted by molar-refractivity contribution is -0.155. The molecule has 0 radical (unpaired) electrons. The molecule has 31 nitrogen and oxygen atoms in total. The normalized spacial score (nSPS) is 23.9. The molecular formula is C55H95ClN12O19. The zero-order chi connectivity index (χ0) is 65.6. The van der Waals surface area contributed by atoms with Gasteiger partial charge in [0.1, 0.15) is 54.6 Å². The highest BCUT2D eigenvalue weighted by Crippen LogP contribution is 2.15. The number of aliphatic carboxylic acids is 2. The van der Waals surface area contributed by atoms with Crippen molar-refractivity contribution in [2.24, 2.45) is 17.2 Å². The molecule has 496 valence electrons. The van der Waals surface area contributed by atoms with Crippen LogP contribution in [-0.2, 0) is 62.3 Å². The van der Waals surface area contributed by atoms with E-state index in [-0.39, 0.29) is 45.3 Å². The van der Waals surface area contributed by atoms with E-state index in [1.54, 1.807) is 0 Å². The van der Waals surface area contributed by atoms with Crippen molar-refractivity contribution >= 4 is 82.7 Å². The summed E-state index contributed by atoms with van der Waals surface area (Å²) in [6, 6.07) is -15.8. The van der Waals surface area contributed by atoms with Gasteiger partial charge in [0.05, 0.1) is 37.0 Å². The van der Waals surface area contributed by atoms with Crippen LogP contribution in [0.4, 0.5) is 0 Å². The summed E-state index contributed by atoms with van der Waals surface area (Å²) in [7, 11) is 0. The molecule has 0 aromatic rings. The molecule has 12 atom stereocenters. The van der Waals surface area contributed by atoms with Crippen molar-refractivity contribution in [2.45, 2.75) is 228 Å². The molecule has 0 aromatic heterocycles. The van der Waals surface area contributed by atoms with Crippen molar-refractivity contribution in [2.75, 3.05) is 32.1 Å². The second-order valence-electron chi connectivity index (χ2n) is 21.3. The van der Waals surface area contributed by atoms with E-state index in [0.717, 1.165) is 51.5 Å². The Morgan fingerprint density at radius 2 is 1.08 bits per heavy atom. The molecule has 1 rings (SSSR count). The molecule has 9 amide bonds. The average molecular weight is 1260 g/mol. The minimum Gasteiger partial charge on any atom is -0.481 e. The highest BCUT2D eigenvalue weighted by molar-refractivity contribution is 6.18. The van der Waals surface area contributed by atoms with Gasteiger partial charge in [0.25, 0.3) is 5.91 Å². The Hall–Kier alpha value is -6.61. The quantitative estimate of drug-likeness (QED) is 0.0134. The van der Waals surface area contributed by atoms with Gasteiger partial charge < -0.3 is 100 Å². The number of aliphatic hydroxyl groups excluding tert-OH is 4. The first kappa shape index (κ1) is 78.4. The highest BCUT2D eigenvalue weighted by Gasteiger charge is 2.41.